The molecule has 0 N–H and O–H groups in total. The van der Waals surface area contributed by atoms with Crippen LogP contribution in [0.15, 0.2) is 12.2 Å². The Hall–Kier alpha value is 0.537. The Kier molecular flexibility index (Phi) is 3.03. The number of halogens is 2. The molecular formula is C11H18Cl2Si. The summed E-state index contributed by atoms with van der Waals surface area (Å²) in [6, 6.07) is 1.10. The lowest BCUT2D eigenvalue weighted by Crippen LogP contribution is -2.28. The summed E-state index contributed by atoms with van der Waals surface area (Å²) in [5.41, 5.74) is 0.480. The molecule has 0 amide bonds. The topological polar surface area (TPSA) is 0 Å². The maximum absolute atomic E-state index is 6.47. The van der Waals surface area contributed by atoms with E-state index in [1.807, 2.05) is 0 Å². The Labute approximate surface area is 97.1 Å². The van der Waals surface area contributed by atoms with E-state index in [0.717, 1.165) is 23.8 Å². The van der Waals surface area contributed by atoms with Gasteiger partial charge >= 0.3 is 0 Å². The molecule has 3 heteroatoms. The van der Waals surface area contributed by atoms with Crippen LogP contribution >= 0.6 is 22.2 Å². The van der Waals surface area contributed by atoms with Gasteiger partial charge in [-0.15, -0.1) is 22.2 Å². The number of fused-ring (bicyclic) bond motifs is 2. The molecule has 2 bridgehead atoms. The van der Waals surface area contributed by atoms with E-state index in [9.17, 15) is 0 Å². The molecule has 0 heterocycles. The van der Waals surface area contributed by atoms with Gasteiger partial charge in [-0.25, -0.2) is 0 Å². The second kappa shape index (κ2) is 3.84. The van der Waals surface area contributed by atoms with Crippen LogP contribution in [0.25, 0.3) is 0 Å². The van der Waals surface area contributed by atoms with Gasteiger partial charge in [-0.3, -0.25) is 0 Å². The standard InChI is InChI=1S/C11H18Cl2Si/c1-8(2)14(12,13)7-11-6-9-3-4-10(11)5-9/h3-4,8-11H,5-7H2,1-2H3. The van der Waals surface area contributed by atoms with Crippen molar-refractivity contribution in [2.24, 2.45) is 17.8 Å². The Bertz CT molecular complexity index is 248. The Balaban J connectivity index is 1.96. The van der Waals surface area contributed by atoms with Crippen molar-refractivity contribution in [1.82, 2.24) is 0 Å². The third-order valence-electron chi connectivity index (χ3n) is 3.80. The highest BCUT2D eigenvalue weighted by atomic mass is 35.7. The minimum Gasteiger partial charge on any atom is -0.146 e. The normalized spacial score (nSPS) is 35.9. The first kappa shape index (κ1) is 11.0. The number of hydrogen-bond donors (Lipinski definition) is 0. The molecule has 2 aliphatic rings. The maximum atomic E-state index is 6.47. The maximum Gasteiger partial charge on any atom is 0.254 e. The van der Waals surface area contributed by atoms with Gasteiger partial charge in [0.2, 0.25) is 0 Å². The van der Waals surface area contributed by atoms with Crippen LogP contribution in [0.4, 0.5) is 0 Å². The van der Waals surface area contributed by atoms with Crippen LogP contribution in [-0.2, 0) is 0 Å². The van der Waals surface area contributed by atoms with E-state index in [4.69, 9.17) is 22.2 Å². The third kappa shape index (κ3) is 2.05. The van der Waals surface area contributed by atoms with Crippen LogP contribution in [0, 0.1) is 17.8 Å². The lowest BCUT2D eigenvalue weighted by Gasteiger charge is -2.27. The van der Waals surface area contributed by atoms with E-state index in [2.05, 4.69) is 26.0 Å². The van der Waals surface area contributed by atoms with E-state index in [0.29, 0.717) is 5.54 Å². The van der Waals surface area contributed by atoms with Crippen LogP contribution in [0.3, 0.4) is 0 Å². The average Bonchev–Trinajstić information content (AvgIpc) is 2.63. The zero-order chi connectivity index (χ0) is 10.3. The third-order valence-corrected chi connectivity index (χ3v) is 10.1. The van der Waals surface area contributed by atoms with Gasteiger partial charge in [-0.2, -0.15) is 0 Å². The molecule has 0 radical (unpaired) electrons. The molecule has 0 saturated heterocycles. The minimum atomic E-state index is -1.97. The molecule has 3 unspecified atom stereocenters. The Morgan fingerprint density at radius 2 is 2.00 bits per heavy atom. The lowest BCUT2D eigenvalue weighted by molar-refractivity contribution is 0.488. The summed E-state index contributed by atoms with van der Waals surface area (Å²) in [6.07, 6.45) is 7.46. The van der Waals surface area contributed by atoms with Crippen molar-refractivity contribution in [2.75, 3.05) is 0 Å². The highest BCUT2D eigenvalue weighted by Gasteiger charge is 2.42. The summed E-state index contributed by atoms with van der Waals surface area (Å²) < 4.78 is 0. The first-order valence-electron chi connectivity index (χ1n) is 5.55. The predicted octanol–water partition coefficient (Wildman–Crippen LogP) is 4.53. The lowest BCUT2D eigenvalue weighted by atomic mass is 9.96. The SMILES string of the molecule is CC(C)[Si](Cl)(Cl)CC1CC2C=CC1C2. The fourth-order valence-electron chi connectivity index (χ4n) is 2.71. The zero-order valence-electron chi connectivity index (χ0n) is 8.84. The molecule has 0 spiro atoms. The summed E-state index contributed by atoms with van der Waals surface area (Å²) in [5.74, 6) is 2.42. The zero-order valence-corrected chi connectivity index (χ0v) is 11.4. The predicted molar refractivity (Wildman–Crippen MR) is 66.2 cm³/mol. The molecule has 0 aromatic rings. The molecule has 80 valence electrons. The number of rotatable bonds is 3. The summed E-state index contributed by atoms with van der Waals surface area (Å²) in [4.78, 5) is 0. The van der Waals surface area contributed by atoms with Crippen LogP contribution in [0.5, 0.6) is 0 Å². The van der Waals surface area contributed by atoms with Crippen molar-refractivity contribution in [2.45, 2.75) is 38.3 Å². The fraction of sp³-hybridized carbons (Fsp3) is 0.818. The molecule has 3 atom stereocenters. The first-order chi connectivity index (χ1) is 6.49. The summed E-state index contributed by atoms with van der Waals surface area (Å²) in [5, 5.41) is 0. The van der Waals surface area contributed by atoms with Crippen molar-refractivity contribution in [3.05, 3.63) is 12.2 Å². The van der Waals surface area contributed by atoms with Gasteiger partial charge in [0.15, 0.2) is 0 Å². The summed E-state index contributed by atoms with van der Waals surface area (Å²) in [6.45, 7) is 2.35. The van der Waals surface area contributed by atoms with Gasteiger partial charge in [-0.05, 0) is 42.2 Å². The number of hydrogen-bond acceptors (Lipinski definition) is 0. The second-order valence-corrected chi connectivity index (χ2v) is 12.9. The highest BCUT2D eigenvalue weighted by molar-refractivity contribution is 7.45. The second-order valence-electron chi connectivity index (χ2n) is 5.16. The quantitative estimate of drug-likeness (QED) is 0.391. The van der Waals surface area contributed by atoms with E-state index >= 15 is 0 Å². The van der Waals surface area contributed by atoms with Crippen molar-refractivity contribution in [3.63, 3.8) is 0 Å². The molecule has 0 aromatic heterocycles. The van der Waals surface area contributed by atoms with E-state index < -0.39 is 6.69 Å². The van der Waals surface area contributed by atoms with Crippen molar-refractivity contribution in [3.8, 4) is 0 Å². The molecular weight excluding hydrogens is 231 g/mol. The van der Waals surface area contributed by atoms with Crippen LogP contribution in [0.2, 0.25) is 11.6 Å². The van der Waals surface area contributed by atoms with Gasteiger partial charge in [0.25, 0.3) is 6.69 Å². The van der Waals surface area contributed by atoms with Crippen molar-refractivity contribution < 1.29 is 0 Å². The van der Waals surface area contributed by atoms with Crippen LogP contribution in [-0.4, -0.2) is 6.69 Å². The molecule has 0 aliphatic heterocycles. The van der Waals surface area contributed by atoms with Gasteiger partial charge in [0.1, 0.15) is 0 Å². The fourth-order valence-corrected chi connectivity index (χ4v) is 5.54. The van der Waals surface area contributed by atoms with Crippen LogP contribution in [0.1, 0.15) is 26.7 Å². The molecule has 1 fully saturated rings. The monoisotopic (exact) mass is 248 g/mol. The van der Waals surface area contributed by atoms with Crippen molar-refractivity contribution in [1.29, 1.82) is 0 Å². The van der Waals surface area contributed by atoms with Gasteiger partial charge < -0.3 is 0 Å². The first-order valence-corrected chi connectivity index (χ1v) is 9.86. The van der Waals surface area contributed by atoms with E-state index in [-0.39, 0.29) is 0 Å². The Morgan fingerprint density at radius 1 is 1.29 bits per heavy atom. The Morgan fingerprint density at radius 3 is 2.43 bits per heavy atom. The van der Waals surface area contributed by atoms with Gasteiger partial charge in [0.05, 0.1) is 0 Å². The van der Waals surface area contributed by atoms with Crippen molar-refractivity contribution >= 4 is 28.9 Å². The van der Waals surface area contributed by atoms with Gasteiger partial charge in [0, 0.05) is 0 Å². The molecule has 2 rings (SSSR count). The summed E-state index contributed by atoms with van der Waals surface area (Å²) in [7, 11) is 0. The summed E-state index contributed by atoms with van der Waals surface area (Å²) >= 11 is 12.9. The average molecular weight is 249 g/mol. The molecule has 14 heavy (non-hydrogen) atoms. The van der Waals surface area contributed by atoms with Crippen LogP contribution < -0.4 is 0 Å². The molecule has 1 saturated carbocycles. The number of allylic oxidation sites excluding steroid dienone is 2. The van der Waals surface area contributed by atoms with E-state index in [1.165, 1.54) is 12.8 Å². The minimum absolute atomic E-state index is 0.480. The smallest absolute Gasteiger partial charge is 0.146 e. The highest BCUT2D eigenvalue weighted by Crippen LogP contribution is 2.49. The molecule has 2 aliphatic carbocycles. The molecule has 0 aromatic carbocycles. The van der Waals surface area contributed by atoms with E-state index in [1.54, 1.807) is 0 Å². The largest absolute Gasteiger partial charge is 0.254 e. The van der Waals surface area contributed by atoms with Gasteiger partial charge in [-0.1, -0.05) is 26.0 Å². The molecule has 0 nitrogen and oxygen atoms in total.